The molecular formula is C10H9ClFNO. The molecule has 2 N–H and O–H groups in total. The van der Waals surface area contributed by atoms with Crippen LogP contribution < -0.4 is 0 Å². The SMILES string of the molecule is OCCc1c[nH]c2c(Cl)cc(F)cc12. The van der Waals surface area contributed by atoms with Gasteiger partial charge in [-0.05, 0) is 24.1 Å². The monoisotopic (exact) mass is 213 g/mol. The van der Waals surface area contributed by atoms with Gasteiger partial charge in [0.2, 0.25) is 0 Å². The largest absolute Gasteiger partial charge is 0.396 e. The molecule has 1 aromatic carbocycles. The zero-order valence-electron chi connectivity index (χ0n) is 7.35. The van der Waals surface area contributed by atoms with Crippen molar-refractivity contribution in [2.75, 3.05) is 6.61 Å². The van der Waals surface area contributed by atoms with Gasteiger partial charge in [0.05, 0.1) is 10.5 Å². The van der Waals surface area contributed by atoms with Crippen molar-refractivity contribution in [2.24, 2.45) is 0 Å². The summed E-state index contributed by atoms with van der Waals surface area (Å²) in [6.45, 7) is 0.0427. The van der Waals surface area contributed by atoms with Crippen molar-refractivity contribution in [2.45, 2.75) is 6.42 Å². The fraction of sp³-hybridized carbons (Fsp3) is 0.200. The minimum Gasteiger partial charge on any atom is -0.396 e. The maximum Gasteiger partial charge on any atom is 0.125 e. The Morgan fingerprint density at radius 2 is 2.21 bits per heavy atom. The van der Waals surface area contributed by atoms with Crippen LogP contribution in [0.4, 0.5) is 4.39 Å². The van der Waals surface area contributed by atoms with Gasteiger partial charge in [0, 0.05) is 18.2 Å². The number of aromatic amines is 1. The topological polar surface area (TPSA) is 36.0 Å². The Morgan fingerprint density at radius 3 is 2.93 bits per heavy atom. The van der Waals surface area contributed by atoms with E-state index in [1.807, 2.05) is 0 Å². The first-order chi connectivity index (χ1) is 6.72. The van der Waals surface area contributed by atoms with Gasteiger partial charge in [0.1, 0.15) is 5.82 Å². The van der Waals surface area contributed by atoms with Crippen molar-refractivity contribution < 1.29 is 9.50 Å². The van der Waals surface area contributed by atoms with E-state index in [1.165, 1.54) is 12.1 Å². The molecule has 4 heteroatoms. The van der Waals surface area contributed by atoms with Crippen LogP contribution in [0, 0.1) is 5.82 Å². The highest BCUT2D eigenvalue weighted by Crippen LogP contribution is 2.26. The molecule has 0 aliphatic rings. The van der Waals surface area contributed by atoms with Crippen molar-refractivity contribution in [3.05, 3.63) is 34.7 Å². The zero-order chi connectivity index (χ0) is 10.1. The van der Waals surface area contributed by atoms with Crippen LogP contribution in [0.15, 0.2) is 18.3 Å². The third kappa shape index (κ3) is 1.49. The summed E-state index contributed by atoms with van der Waals surface area (Å²) in [4.78, 5) is 2.96. The second-order valence-electron chi connectivity index (χ2n) is 3.10. The van der Waals surface area contributed by atoms with Crippen LogP contribution >= 0.6 is 11.6 Å². The summed E-state index contributed by atoms with van der Waals surface area (Å²) in [5.41, 5.74) is 1.60. The standard InChI is InChI=1S/C10H9ClFNO/c11-9-4-7(12)3-8-6(1-2-14)5-13-10(8)9/h3-5,13-14H,1-2H2. The first-order valence-corrected chi connectivity index (χ1v) is 4.66. The Kier molecular flexibility index (Phi) is 2.44. The van der Waals surface area contributed by atoms with E-state index in [0.717, 1.165) is 16.5 Å². The minimum absolute atomic E-state index is 0.0427. The molecule has 0 fully saturated rings. The molecule has 0 amide bonds. The van der Waals surface area contributed by atoms with Crippen molar-refractivity contribution >= 4 is 22.5 Å². The summed E-state index contributed by atoms with van der Waals surface area (Å²) in [6.07, 6.45) is 2.24. The lowest BCUT2D eigenvalue weighted by atomic mass is 10.1. The number of rotatable bonds is 2. The Labute approximate surface area is 85.3 Å². The van der Waals surface area contributed by atoms with E-state index in [1.54, 1.807) is 6.20 Å². The quantitative estimate of drug-likeness (QED) is 0.790. The molecule has 14 heavy (non-hydrogen) atoms. The number of H-pyrrole nitrogens is 1. The lowest BCUT2D eigenvalue weighted by molar-refractivity contribution is 0.300. The number of halogens is 2. The molecule has 1 heterocycles. The first kappa shape index (κ1) is 9.49. The van der Waals surface area contributed by atoms with Crippen molar-refractivity contribution in [1.29, 1.82) is 0 Å². The van der Waals surface area contributed by atoms with E-state index < -0.39 is 0 Å². The Balaban J connectivity index is 2.66. The predicted molar refractivity (Wildman–Crippen MR) is 54.1 cm³/mol. The molecular weight excluding hydrogens is 205 g/mol. The normalized spacial score (nSPS) is 11.1. The van der Waals surface area contributed by atoms with E-state index in [4.69, 9.17) is 16.7 Å². The summed E-state index contributed by atoms with van der Waals surface area (Å²) >= 11 is 5.84. The number of hydrogen-bond acceptors (Lipinski definition) is 1. The molecule has 0 saturated heterocycles. The fourth-order valence-corrected chi connectivity index (χ4v) is 1.80. The molecule has 1 aromatic heterocycles. The summed E-state index contributed by atoms with van der Waals surface area (Å²) in [6, 6.07) is 2.69. The summed E-state index contributed by atoms with van der Waals surface area (Å²) in [5.74, 6) is -0.360. The van der Waals surface area contributed by atoms with Crippen LogP contribution in [-0.2, 0) is 6.42 Å². The molecule has 0 unspecified atom stereocenters. The Hall–Kier alpha value is -1.06. The van der Waals surface area contributed by atoms with Crippen LogP contribution in [-0.4, -0.2) is 16.7 Å². The van der Waals surface area contributed by atoms with Gasteiger partial charge in [-0.2, -0.15) is 0 Å². The highest BCUT2D eigenvalue weighted by atomic mass is 35.5. The number of fused-ring (bicyclic) bond motifs is 1. The third-order valence-corrected chi connectivity index (χ3v) is 2.47. The van der Waals surface area contributed by atoms with Crippen molar-refractivity contribution in [3.63, 3.8) is 0 Å². The van der Waals surface area contributed by atoms with Crippen LogP contribution in [0.3, 0.4) is 0 Å². The number of nitrogens with one attached hydrogen (secondary N) is 1. The van der Waals surface area contributed by atoms with Gasteiger partial charge in [-0.3, -0.25) is 0 Å². The van der Waals surface area contributed by atoms with Gasteiger partial charge >= 0.3 is 0 Å². The molecule has 2 rings (SSSR count). The zero-order valence-corrected chi connectivity index (χ0v) is 8.11. The van der Waals surface area contributed by atoms with Gasteiger partial charge < -0.3 is 10.1 Å². The molecule has 2 aromatic rings. The van der Waals surface area contributed by atoms with Gasteiger partial charge in [-0.15, -0.1) is 0 Å². The predicted octanol–water partition coefficient (Wildman–Crippen LogP) is 2.50. The molecule has 0 aliphatic heterocycles. The van der Waals surface area contributed by atoms with E-state index in [2.05, 4.69) is 4.98 Å². The smallest absolute Gasteiger partial charge is 0.125 e. The Morgan fingerprint density at radius 1 is 1.43 bits per heavy atom. The van der Waals surface area contributed by atoms with E-state index >= 15 is 0 Å². The maximum absolute atomic E-state index is 13.0. The number of benzene rings is 1. The van der Waals surface area contributed by atoms with Gasteiger partial charge in [-0.1, -0.05) is 11.6 Å². The summed E-state index contributed by atoms with van der Waals surface area (Å²) in [7, 11) is 0. The Bertz CT molecular complexity index is 466. The maximum atomic E-state index is 13.0. The fourth-order valence-electron chi connectivity index (χ4n) is 1.54. The third-order valence-electron chi connectivity index (χ3n) is 2.17. The van der Waals surface area contributed by atoms with Crippen LogP contribution in [0.2, 0.25) is 5.02 Å². The molecule has 74 valence electrons. The van der Waals surface area contributed by atoms with Crippen molar-refractivity contribution in [3.8, 4) is 0 Å². The molecule has 2 nitrogen and oxygen atoms in total. The van der Waals surface area contributed by atoms with Gasteiger partial charge in [0.25, 0.3) is 0 Å². The summed E-state index contributed by atoms with van der Waals surface area (Å²) < 4.78 is 13.0. The van der Waals surface area contributed by atoms with Crippen molar-refractivity contribution in [1.82, 2.24) is 4.98 Å². The summed E-state index contributed by atoms with van der Waals surface area (Å²) in [5, 5.41) is 9.90. The second kappa shape index (κ2) is 3.59. The number of aliphatic hydroxyl groups excluding tert-OH is 1. The lowest BCUT2D eigenvalue weighted by Gasteiger charge is -1.97. The number of hydrogen-bond donors (Lipinski definition) is 2. The average molecular weight is 214 g/mol. The first-order valence-electron chi connectivity index (χ1n) is 4.28. The molecule has 0 spiro atoms. The highest BCUT2D eigenvalue weighted by molar-refractivity contribution is 6.35. The molecule has 0 bridgehead atoms. The highest BCUT2D eigenvalue weighted by Gasteiger charge is 2.08. The lowest BCUT2D eigenvalue weighted by Crippen LogP contribution is -1.88. The van der Waals surface area contributed by atoms with Crippen LogP contribution in [0.5, 0.6) is 0 Å². The second-order valence-corrected chi connectivity index (χ2v) is 3.50. The van der Waals surface area contributed by atoms with E-state index in [-0.39, 0.29) is 12.4 Å². The van der Waals surface area contributed by atoms with E-state index in [9.17, 15) is 4.39 Å². The molecule has 0 atom stereocenters. The molecule has 0 radical (unpaired) electrons. The number of aromatic nitrogens is 1. The minimum atomic E-state index is -0.360. The van der Waals surface area contributed by atoms with E-state index in [0.29, 0.717) is 11.4 Å². The molecule has 0 saturated carbocycles. The number of aliphatic hydroxyl groups is 1. The molecule has 0 aliphatic carbocycles. The van der Waals surface area contributed by atoms with Crippen LogP contribution in [0.25, 0.3) is 10.9 Å². The van der Waals surface area contributed by atoms with Crippen LogP contribution in [0.1, 0.15) is 5.56 Å². The van der Waals surface area contributed by atoms with Gasteiger partial charge in [0.15, 0.2) is 0 Å². The van der Waals surface area contributed by atoms with Gasteiger partial charge in [-0.25, -0.2) is 4.39 Å². The average Bonchev–Trinajstić information content (AvgIpc) is 2.49.